The van der Waals surface area contributed by atoms with Gasteiger partial charge in [0.1, 0.15) is 11.6 Å². The number of halogens is 4. The number of thiazole rings is 1. The molecule has 150 valence electrons. The number of rotatable bonds is 3. The van der Waals surface area contributed by atoms with E-state index in [1.807, 2.05) is 30.3 Å². The van der Waals surface area contributed by atoms with Crippen molar-refractivity contribution < 1.29 is 13.2 Å². The third-order valence-corrected chi connectivity index (χ3v) is 6.15. The number of nitrogens with zero attached hydrogens (tertiary/aromatic N) is 3. The Balaban J connectivity index is 1.80. The van der Waals surface area contributed by atoms with E-state index in [1.165, 1.54) is 22.1 Å². The van der Waals surface area contributed by atoms with Crippen LogP contribution < -0.4 is 0 Å². The Morgan fingerprint density at radius 1 is 1.00 bits per heavy atom. The van der Waals surface area contributed by atoms with Crippen molar-refractivity contribution in [2.24, 2.45) is 0 Å². The molecule has 0 aliphatic carbocycles. The van der Waals surface area contributed by atoms with Crippen LogP contribution >= 0.6 is 22.9 Å². The van der Waals surface area contributed by atoms with Crippen molar-refractivity contribution in [3.05, 3.63) is 72.1 Å². The Bertz CT molecular complexity index is 1370. The molecular formula is C22H13ClF3N3S. The van der Waals surface area contributed by atoms with Gasteiger partial charge in [0.25, 0.3) is 0 Å². The lowest BCUT2D eigenvalue weighted by Crippen LogP contribution is -2.17. The van der Waals surface area contributed by atoms with E-state index in [4.69, 9.17) is 11.6 Å². The van der Waals surface area contributed by atoms with Gasteiger partial charge < -0.3 is 4.57 Å². The fraction of sp³-hybridized carbons (Fsp3) is 0.0909. The summed E-state index contributed by atoms with van der Waals surface area (Å²) in [6.45, 7) is -1.11. The number of aromatic nitrogens is 3. The first-order chi connectivity index (χ1) is 14.4. The summed E-state index contributed by atoms with van der Waals surface area (Å²) in [7, 11) is 0. The van der Waals surface area contributed by atoms with Crippen LogP contribution in [0.5, 0.6) is 0 Å². The minimum atomic E-state index is -4.38. The molecule has 3 nitrogen and oxygen atoms in total. The van der Waals surface area contributed by atoms with Gasteiger partial charge in [-0.15, -0.1) is 11.3 Å². The second-order valence-corrected chi connectivity index (χ2v) is 8.31. The van der Waals surface area contributed by atoms with Gasteiger partial charge in [-0.2, -0.15) is 13.2 Å². The highest BCUT2D eigenvalue weighted by Crippen LogP contribution is 2.42. The van der Waals surface area contributed by atoms with Crippen molar-refractivity contribution >= 4 is 44.7 Å². The molecule has 0 fully saturated rings. The summed E-state index contributed by atoms with van der Waals surface area (Å²) in [5.74, 6) is 0. The van der Waals surface area contributed by atoms with Crippen LogP contribution in [0.1, 0.15) is 0 Å². The van der Waals surface area contributed by atoms with Crippen molar-refractivity contribution in [3.63, 3.8) is 0 Å². The molecule has 0 radical (unpaired) electrons. The zero-order valence-corrected chi connectivity index (χ0v) is 16.9. The van der Waals surface area contributed by atoms with E-state index in [9.17, 15) is 13.2 Å². The van der Waals surface area contributed by atoms with Crippen LogP contribution in [-0.4, -0.2) is 20.7 Å². The largest absolute Gasteiger partial charge is 0.406 e. The first kappa shape index (κ1) is 19.1. The molecular weight excluding hydrogens is 431 g/mol. The molecule has 0 unspecified atom stereocenters. The van der Waals surface area contributed by atoms with Gasteiger partial charge in [-0.1, -0.05) is 41.9 Å². The maximum Gasteiger partial charge on any atom is 0.406 e. The van der Waals surface area contributed by atoms with Gasteiger partial charge in [-0.25, -0.2) is 4.98 Å². The van der Waals surface area contributed by atoms with Crippen molar-refractivity contribution in [3.8, 4) is 21.0 Å². The minimum absolute atomic E-state index is 0.418. The summed E-state index contributed by atoms with van der Waals surface area (Å²) < 4.78 is 41.6. The molecule has 0 saturated carbocycles. The molecule has 5 rings (SSSR count). The Hall–Kier alpha value is -2.90. The molecule has 0 aliphatic rings. The summed E-state index contributed by atoms with van der Waals surface area (Å²) in [5, 5.41) is 2.59. The molecule has 0 aliphatic heterocycles. The smallest absolute Gasteiger partial charge is 0.329 e. The summed E-state index contributed by atoms with van der Waals surface area (Å²) in [5.41, 5.74) is 2.47. The van der Waals surface area contributed by atoms with E-state index >= 15 is 0 Å². The maximum absolute atomic E-state index is 13.4. The normalized spacial score (nSPS) is 12.1. The Morgan fingerprint density at radius 3 is 2.57 bits per heavy atom. The molecule has 30 heavy (non-hydrogen) atoms. The number of pyridine rings is 1. The lowest BCUT2D eigenvalue weighted by atomic mass is 10.1. The fourth-order valence-electron chi connectivity index (χ4n) is 3.69. The molecule has 3 aromatic heterocycles. The lowest BCUT2D eigenvalue weighted by Gasteiger charge is -2.12. The molecule has 0 bridgehead atoms. The van der Waals surface area contributed by atoms with Crippen molar-refractivity contribution in [1.82, 2.24) is 14.5 Å². The van der Waals surface area contributed by atoms with Crippen molar-refractivity contribution in [2.75, 3.05) is 0 Å². The third kappa shape index (κ3) is 3.34. The van der Waals surface area contributed by atoms with Crippen molar-refractivity contribution in [2.45, 2.75) is 12.7 Å². The van der Waals surface area contributed by atoms with Gasteiger partial charge in [0.15, 0.2) is 0 Å². The molecule has 0 saturated heterocycles. The van der Waals surface area contributed by atoms with Crippen molar-refractivity contribution in [1.29, 1.82) is 0 Å². The van der Waals surface area contributed by atoms with Gasteiger partial charge in [-0.3, -0.25) is 4.98 Å². The molecule has 5 aromatic rings. The van der Waals surface area contributed by atoms with E-state index in [0.717, 1.165) is 15.4 Å². The molecule has 8 heteroatoms. The summed E-state index contributed by atoms with van der Waals surface area (Å²) in [6.07, 6.45) is 0.335. The van der Waals surface area contributed by atoms with Gasteiger partial charge in [0, 0.05) is 39.3 Å². The van der Waals surface area contributed by atoms with E-state index in [2.05, 4.69) is 9.97 Å². The predicted octanol–water partition coefficient (Wildman–Crippen LogP) is 7.20. The maximum atomic E-state index is 13.4. The first-order valence-corrected chi connectivity index (χ1v) is 10.2. The standard InChI is InChI=1S/C22H13ClF3N3S/c23-14-8-16-15-6-7-27-10-18(15)29(12-22(24,25)26)20(16)17(9-14)19-11-28-21(30-19)13-4-2-1-3-5-13/h1-11H,12H2. The summed E-state index contributed by atoms with van der Waals surface area (Å²) in [6, 6.07) is 14.8. The van der Waals surface area contributed by atoms with Gasteiger partial charge in [0.2, 0.25) is 0 Å². The topological polar surface area (TPSA) is 30.7 Å². The second kappa shape index (κ2) is 7.11. The zero-order chi connectivity index (χ0) is 20.9. The third-order valence-electron chi connectivity index (χ3n) is 4.85. The monoisotopic (exact) mass is 443 g/mol. The zero-order valence-electron chi connectivity index (χ0n) is 15.3. The first-order valence-electron chi connectivity index (χ1n) is 9.04. The number of fused-ring (bicyclic) bond motifs is 3. The predicted molar refractivity (Wildman–Crippen MR) is 115 cm³/mol. The van der Waals surface area contributed by atoms with Crippen LogP contribution in [0.4, 0.5) is 13.2 Å². The Kier molecular flexibility index (Phi) is 4.52. The Labute approximate surface area is 178 Å². The van der Waals surface area contributed by atoms with Gasteiger partial charge >= 0.3 is 6.18 Å². The number of hydrogen-bond donors (Lipinski definition) is 0. The summed E-state index contributed by atoms with van der Waals surface area (Å²) in [4.78, 5) is 9.28. The SMILES string of the molecule is FC(F)(F)Cn1c2cnccc2c2cc(Cl)cc(-c3cnc(-c4ccccc4)s3)c21. The highest BCUT2D eigenvalue weighted by atomic mass is 35.5. The molecule has 0 atom stereocenters. The Morgan fingerprint density at radius 2 is 1.80 bits per heavy atom. The average molecular weight is 444 g/mol. The lowest BCUT2D eigenvalue weighted by molar-refractivity contribution is -0.139. The number of benzene rings is 2. The van der Waals surface area contributed by atoms with Crippen LogP contribution in [0.15, 0.2) is 67.1 Å². The quantitative estimate of drug-likeness (QED) is 0.295. The molecule has 2 aromatic carbocycles. The van der Waals surface area contributed by atoms with Gasteiger partial charge in [-0.05, 0) is 18.2 Å². The number of hydrogen-bond acceptors (Lipinski definition) is 3. The molecule has 0 N–H and O–H groups in total. The van der Waals surface area contributed by atoms with E-state index in [-0.39, 0.29) is 0 Å². The van der Waals surface area contributed by atoms with E-state index in [0.29, 0.717) is 32.4 Å². The average Bonchev–Trinajstić information content (AvgIpc) is 3.32. The van der Waals surface area contributed by atoms with Gasteiger partial charge in [0.05, 0.1) is 22.1 Å². The van der Waals surface area contributed by atoms with Crippen LogP contribution in [0.2, 0.25) is 5.02 Å². The van der Waals surface area contributed by atoms with E-state index in [1.54, 1.807) is 30.6 Å². The second-order valence-electron chi connectivity index (χ2n) is 6.84. The minimum Gasteiger partial charge on any atom is -0.329 e. The van der Waals surface area contributed by atoms with Crippen LogP contribution in [0, 0.1) is 0 Å². The molecule has 0 spiro atoms. The van der Waals surface area contributed by atoms with E-state index < -0.39 is 12.7 Å². The van der Waals surface area contributed by atoms with Crippen LogP contribution in [0.3, 0.4) is 0 Å². The fourth-order valence-corrected chi connectivity index (χ4v) is 4.85. The highest BCUT2D eigenvalue weighted by Gasteiger charge is 2.31. The highest BCUT2D eigenvalue weighted by molar-refractivity contribution is 7.18. The van der Waals surface area contributed by atoms with Crippen LogP contribution in [0.25, 0.3) is 42.8 Å². The summed E-state index contributed by atoms with van der Waals surface area (Å²) >= 11 is 7.80. The molecule has 3 heterocycles. The molecule has 0 amide bonds. The number of alkyl halides is 3. The van der Waals surface area contributed by atoms with Crippen LogP contribution in [-0.2, 0) is 6.54 Å².